The summed E-state index contributed by atoms with van der Waals surface area (Å²) in [5, 5.41) is 0. The Morgan fingerprint density at radius 3 is 2.66 bits per heavy atom. The standard InChI is InChI=1S/C21H25N3O4S/c1-15-13-17(7-8-19(15)27-2)29(25,26)22-14-16-9-11-24(12-10-16)21-23-18-5-3-4-6-20(18)28-21/h3-8,13,16,22H,9-12,14H2,1-2H3. The van der Waals surface area contributed by atoms with Gasteiger partial charge < -0.3 is 14.1 Å². The summed E-state index contributed by atoms with van der Waals surface area (Å²) in [6, 6.07) is 13.2. The lowest BCUT2D eigenvalue weighted by Crippen LogP contribution is -2.38. The van der Waals surface area contributed by atoms with E-state index >= 15 is 0 Å². The van der Waals surface area contributed by atoms with Crippen LogP contribution < -0.4 is 14.4 Å². The zero-order chi connectivity index (χ0) is 20.4. The van der Waals surface area contributed by atoms with E-state index < -0.39 is 10.0 Å². The van der Waals surface area contributed by atoms with Gasteiger partial charge in [0.15, 0.2) is 5.58 Å². The molecule has 154 valence electrons. The van der Waals surface area contributed by atoms with Crippen LogP contribution in [0.4, 0.5) is 6.01 Å². The van der Waals surface area contributed by atoms with Gasteiger partial charge in [0, 0.05) is 19.6 Å². The van der Waals surface area contributed by atoms with Crippen molar-refractivity contribution in [3.63, 3.8) is 0 Å². The maximum absolute atomic E-state index is 12.6. The number of anilines is 1. The van der Waals surface area contributed by atoms with E-state index in [4.69, 9.17) is 9.15 Å². The quantitative estimate of drug-likeness (QED) is 0.665. The van der Waals surface area contributed by atoms with Gasteiger partial charge in [-0.25, -0.2) is 13.1 Å². The van der Waals surface area contributed by atoms with E-state index in [1.807, 2.05) is 31.2 Å². The Morgan fingerprint density at radius 1 is 1.21 bits per heavy atom. The smallest absolute Gasteiger partial charge is 0.298 e. The number of hydrogen-bond acceptors (Lipinski definition) is 6. The van der Waals surface area contributed by atoms with Crippen LogP contribution in [0.15, 0.2) is 51.8 Å². The van der Waals surface area contributed by atoms with Gasteiger partial charge in [-0.15, -0.1) is 0 Å². The van der Waals surface area contributed by atoms with Gasteiger partial charge in [-0.3, -0.25) is 0 Å². The number of methoxy groups -OCH3 is 1. The van der Waals surface area contributed by atoms with Crippen LogP contribution in [0, 0.1) is 12.8 Å². The van der Waals surface area contributed by atoms with Crippen molar-refractivity contribution in [2.75, 3.05) is 31.6 Å². The highest BCUT2D eigenvalue weighted by Crippen LogP contribution is 2.26. The maximum Gasteiger partial charge on any atom is 0.298 e. The van der Waals surface area contributed by atoms with Crippen LogP contribution in [0.5, 0.6) is 5.75 Å². The first-order valence-electron chi connectivity index (χ1n) is 9.71. The van der Waals surface area contributed by atoms with Crippen molar-refractivity contribution in [3.8, 4) is 5.75 Å². The molecule has 1 aliphatic heterocycles. The molecular weight excluding hydrogens is 390 g/mol. The second-order valence-electron chi connectivity index (χ2n) is 7.38. The number of hydrogen-bond donors (Lipinski definition) is 1. The Kier molecular flexibility index (Phi) is 5.47. The molecule has 2 heterocycles. The molecule has 3 aromatic rings. The summed E-state index contributed by atoms with van der Waals surface area (Å²) in [6.45, 7) is 3.84. The van der Waals surface area contributed by atoms with E-state index in [-0.39, 0.29) is 10.8 Å². The van der Waals surface area contributed by atoms with Crippen LogP contribution in [0.3, 0.4) is 0 Å². The molecule has 0 radical (unpaired) electrons. The number of sulfonamides is 1. The lowest BCUT2D eigenvalue weighted by atomic mass is 9.97. The summed E-state index contributed by atoms with van der Waals surface area (Å²) in [7, 11) is -1.97. The topological polar surface area (TPSA) is 84.7 Å². The van der Waals surface area contributed by atoms with Crippen molar-refractivity contribution >= 4 is 27.1 Å². The number of piperidine rings is 1. The highest BCUT2D eigenvalue weighted by molar-refractivity contribution is 7.89. The summed E-state index contributed by atoms with van der Waals surface area (Å²) in [6.07, 6.45) is 1.76. The number of benzene rings is 2. The maximum atomic E-state index is 12.6. The predicted molar refractivity (Wildman–Crippen MR) is 112 cm³/mol. The van der Waals surface area contributed by atoms with Crippen molar-refractivity contribution < 1.29 is 17.6 Å². The average molecular weight is 416 g/mol. The Hall–Kier alpha value is -2.58. The van der Waals surface area contributed by atoms with Gasteiger partial charge >= 0.3 is 0 Å². The van der Waals surface area contributed by atoms with Crippen LogP contribution >= 0.6 is 0 Å². The molecule has 4 rings (SSSR count). The van der Waals surface area contributed by atoms with Crippen molar-refractivity contribution in [2.45, 2.75) is 24.7 Å². The third-order valence-electron chi connectivity index (χ3n) is 5.41. The summed E-state index contributed by atoms with van der Waals surface area (Å²) in [5.41, 5.74) is 2.43. The van der Waals surface area contributed by atoms with E-state index in [9.17, 15) is 8.42 Å². The van der Waals surface area contributed by atoms with Gasteiger partial charge in [-0.1, -0.05) is 12.1 Å². The minimum atomic E-state index is -3.54. The summed E-state index contributed by atoms with van der Waals surface area (Å²) in [5.74, 6) is 0.959. The molecule has 0 bridgehead atoms. The molecule has 29 heavy (non-hydrogen) atoms. The number of aryl methyl sites for hydroxylation is 1. The predicted octanol–water partition coefficient (Wildman–Crippen LogP) is 3.34. The summed E-state index contributed by atoms with van der Waals surface area (Å²) < 4.78 is 39.0. The lowest BCUT2D eigenvalue weighted by Gasteiger charge is -2.30. The van der Waals surface area contributed by atoms with Crippen LogP contribution in [-0.2, 0) is 10.0 Å². The second-order valence-corrected chi connectivity index (χ2v) is 9.14. The van der Waals surface area contributed by atoms with E-state index in [2.05, 4.69) is 14.6 Å². The zero-order valence-corrected chi connectivity index (χ0v) is 17.4. The fourth-order valence-corrected chi connectivity index (χ4v) is 4.85. The highest BCUT2D eigenvalue weighted by Gasteiger charge is 2.24. The van der Waals surface area contributed by atoms with Crippen molar-refractivity contribution in [3.05, 3.63) is 48.0 Å². The molecule has 0 atom stereocenters. The average Bonchev–Trinajstić information content (AvgIpc) is 3.17. The molecule has 0 aliphatic carbocycles. The van der Waals surface area contributed by atoms with Crippen molar-refractivity contribution in [1.29, 1.82) is 0 Å². The van der Waals surface area contributed by atoms with E-state index in [0.29, 0.717) is 18.3 Å². The molecule has 0 unspecified atom stereocenters. The summed E-state index contributed by atoms with van der Waals surface area (Å²) in [4.78, 5) is 6.93. The zero-order valence-electron chi connectivity index (χ0n) is 16.6. The minimum Gasteiger partial charge on any atom is -0.496 e. The Labute approximate surface area is 170 Å². The van der Waals surface area contributed by atoms with Gasteiger partial charge in [-0.2, -0.15) is 4.98 Å². The van der Waals surface area contributed by atoms with Crippen LogP contribution in [0.25, 0.3) is 11.1 Å². The molecule has 8 heteroatoms. The van der Waals surface area contributed by atoms with Gasteiger partial charge in [0.2, 0.25) is 10.0 Å². The van der Waals surface area contributed by atoms with Crippen LogP contribution in [0.1, 0.15) is 18.4 Å². The van der Waals surface area contributed by atoms with Gasteiger partial charge in [0.05, 0.1) is 12.0 Å². The number of oxazole rings is 1. The molecule has 2 aromatic carbocycles. The number of aromatic nitrogens is 1. The largest absolute Gasteiger partial charge is 0.496 e. The van der Waals surface area contributed by atoms with Crippen molar-refractivity contribution in [2.24, 2.45) is 5.92 Å². The molecule has 1 aromatic heterocycles. The third-order valence-corrected chi connectivity index (χ3v) is 6.83. The van der Waals surface area contributed by atoms with Crippen LogP contribution in [0.2, 0.25) is 0 Å². The first kappa shape index (κ1) is 19.7. The second kappa shape index (κ2) is 8.04. The molecule has 0 amide bonds. The van der Waals surface area contributed by atoms with Gasteiger partial charge in [-0.05, 0) is 61.6 Å². The normalized spacial score (nSPS) is 15.7. The minimum absolute atomic E-state index is 0.264. The fraction of sp³-hybridized carbons (Fsp3) is 0.381. The van der Waals surface area contributed by atoms with Gasteiger partial charge in [0.1, 0.15) is 11.3 Å². The van der Waals surface area contributed by atoms with Crippen LogP contribution in [-0.4, -0.2) is 40.1 Å². The fourth-order valence-electron chi connectivity index (χ4n) is 3.65. The number of nitrogens with one attached hydrogen (secondary N) is 1. The molecule has 0 spiro atoms. The summed E-state index contributed by atoms with van der Waals surface area (Å²) >= 11 is 0. The SMILES string of the molecule is COc1ccc(S(=O)(=O)NCC2CCN(c3nc4ccccc4o3)CC2)cc1C. The molecule has 1 aliphatic rings. The Bertz CT molecular complexity index is 1070. The lowest BCUT2D eigenvalue weighted by molar-refractivity contribution is 0.387. The molecule has 1 fully saturated rings. The monoisotopic (exact) mass is 415 g/mol. The van der Waals surface area contributed by atoms with Crippen molar-refractivity contribution in [1.82, 2.24) is 9.71 Å². The molecule has 7 nitrogen and oxygen atoms in total. The molecular formula is C21H25N3O4S. The van der Waals surface area contributed by atoms with E-state index in [1.165, 1.54) is 0 Å². The number of nitrogens with zero attached hydrogens (tertiary/aromatic N) is 2. The third kappa shape index (κ3) is 4.23. The first-order chi connectivity index (χ1) is 14.0. The molecule has 0 saturated carbocycles. The number of fused-ring (bicyclic) bond motifs is 1. The number of para-hydroxylation sites is 2. The Morgan fingerprint density at radius 2 is 1.97 bits per heavy atom. The number of rotatable bonds is 6. The first-order valence-corrected chi connectivity index (χ1v) is 11.2. The Balaban J connectivity index is 1.34. The van der Waals surface area contributed by atoms with E-state index in [1.54, 1.807) is 25.3 Å². The van der Waals surface area contributed by atoms with Gasteiger partial charge in [0.25, 0.3) is 6.01 Å². The molecule has 1 saturated heterocycles. The van der Waals surface area contributed by atoms with E-state index in [0.717, 1.165) is 42.6 Å². The number of ether oxygens (including phenoxy) is 1. The molecule has 1 N–H and O–H groups in total. The highest BCUT2D eigenvalue weighted by atomic mass is 32.2.